The van der Waals surface area contributed by atoms with Crippen molar-refractivity contribution in [1.82, 2.24) is 14.5 Å². The third-order valence-electron chi connectivity index (χ3n) is 9.11. The van der Waals surface area contributed by atoms with Crippen molar-refractivity contribution < 1.29 is 0 Å². The maximum atomic E-state index is 5.42. The molecule has 8 aromatic rings. The Morgan fingerprint density at radius 1 is 0.542 bits per heavy atom. The molecule has 0 radical (unpaired) electrons. The molecule has 3 nitrogen and oxygen atoms in total. The van der Waals surface area contributed by atoms with Gasteiger partial charge < -0.3 is 0 Å². The van der Waals surface area contributed by atoms with Gasteiger partial charge in [-0.2, -0.15) is 0 Å². The number of pyridine rings is 1. The molecular weight excluding hydrogens is 603 g/mol. The molecule has 0 aliphatic heterocycles. The van der Waals surface area contributed by atoms with E-state index in [-0.39, 0.29) is 5.41 Å². The van der Waals surface area contributed by atoms with Crippen LogP contribution in [-0.2, 0) is 5.41 Å². The molecule has 6 aromatic carbocycles. The first-order chi connectivity index (χ1) is 23.3. The molecule has 0 N–H and O–H groups in total. The van der Waals surface area contributed by atoms with Gasteiger partial charge in [0.05, 0.1) is 16.6 Å². The summed E-state index contributed by atoms with van der Waals surface area (Å²) in [6, 6.07) is 51.5. The van der Waals surface area contributed by atoms with E-state index in [2.05, 4.69) is 153 Å². The van der Waals surface area contributed by atoms with E-state index in [4.69, 9.17) is 22.6 Å². The van der Waals surface area contributed by atoms with Crippen LogP contribution >= 0.6 is 12.6 Å². The molecule has 8 rings (SSSR count). The zero-order valence-electron chi connectivity index (χ0n) is 27.2. The van der Waals surface area contributed by atoms with Gasteiger partial charge >= 0.3 is 0 Å². The lowest BCUT2D eigenvalue weighted by Crippen LogP contribution is -2.11. The normalized spacial score (nSPS) is 11.8. The zero-order valence-corrected chi connectivity index (χ0v) is 28.1. The Kier molecular flexibility index (Phi) is 7.46. The van der Waals surface area contributed by atoms with Gasteiger partial charge in [0.15, 0.2) is 0 Å². The van der Waals surface area contributed by atoms with E-state index in [9.17, 15) is 0 Å². The summed E-state index contributed by atoms with van der Waals surface area (Å²) in [6.45, 7) is 6.74. The zero-order chi connectivity index (χ0) is 32.8. The number of hydrogen-bond donors (Lipinski definition) is 1. The van der Waals surface area contributed by atoms with E-state index >= 15 is 0 Å². The van der Waals surface area contributed by atoms with Crippen LogP contribution < -0.4 is 0 Å². The lowest BCUT2D eigenvalue weighted by Gasteiger charge is -2.20. The minimum Gasteiger partial charge on any atom is -0.292 e. The van der Waals surface area contributed by atoms with Crippen molar-refractivity contribution in [3.05, 3.63) is 157 Å². The molecule has 0 aliphatic carbocycles. The summed E-state index contributed by atoms with van der Waals surface area (Å²) in [5.74, 6) is 0.885. The number of aromatic nitrogens is 3. The Morgan fingerprint density at radius 2 is 1.25 bits per heavy atom. The van der Waals surface area contributed by atoms with Crippen molar-refractivity contribution in [2.24, 2.45) is 0 Å². The quantitative estimate of drug-likeness (QED) is 0.190. The number of thiol groups is 1. The van der Waals surface area contributed by atoms with Gasteiger partial charge in [0, 0.05) is 38.9 Å². The summed E-state index contributed by atoms with van der Waals surface area (Å²) < 4.78 is 2.29. The van der Waals surface area contributed by atoms with Crippen molar-refractivity contribution in [3.63, 3.8) is 0 Å². The van der Waals surface area contributed by atoms with Crippen LogP contribution in [0.25, 0.3) is 72.4 Å². The molecular formula is C44H35N3S. The minimum atomic E-state index is 0.0568. The highest BCUT2D eigenvalue weighted by atomic mass is 32.1. The van der Waals surface area contributed by atoms with Gasteiger partial charge in [-0.25, -0.2) is 4.98 Å². The first kappa shape index (κ1) is 29.9. The molecule has 2 aromatic heterocycles. The number of hydrogen-bond acceptors (Lipinski definition) is 3. The summed E-state index contributed by atoms with van der Waals surface area (Å²) in [4.78, 5) is 11.2. The van der Waals surface area contributed by atoms with Crippen LogP contribution in [0.15, 0.2) is 157 Å². The Labute approximate surface area is 287 Å². The van der Waals surface area contributed by atoms with Crippen LogP contribution in [0.1, 0.15) is 26.3 Å². The van der Waals surface area contributed by atoms with E-state index in [0.29, 0.717) is 0 Å². The highest BCUT2D eigenvalue weighted by Gasteiger charge is 2.20. The van der Waals surface area contributed by atoms with Gasteiger partial charge in [-0.1, -0.05) is 118 Å². The van der Waals surface area contributed by atoms with Crippen molar-refractivity contribution in [2.75, 3.05) is 0 Å². The average Bonchev–Trinajstić information content (AvgIpc) is 3.52. The summed E-state index contributed by atoms with van der Waals surface area (Å²) >= 11 is 4.82. The van der Waals surface area contributed by atoms with Gasteiger partial charge in [-0.3, -0.25) is 9.55 Å². The predicted octanol–water partition coefficient (Wildman–Crippen LogP) is 11.8. The summed E-state index contributed by atoms with van der Waals surface area (Å²) in [5.41, 5.74) is 13.1. The van der Waals surface area contributed by atoms with Crippen LogP contribution in [0.4, 0.5) is 0 Å². The van der Waals surface area contributed by atoms with Crippen molar-refractivity contribution in [2.45, 2.75) is 31.1 Å². The van der Waals surface area contributed by atoms with Crippen molar-refractivity contribution in [3.8, 4) is 50.5 Å². The number of para-hydroxylation sites is 1. The molecule has 0 saturated heterocycles. The van der Waals surface area contributed by atoms with Crippen molar-refractivity contribution >= 4 is 34.6 Å². The number of fused-ring (bicyclic) bond motifs is 2. The molecule has 0 atom stereocenters. The Morgan fingerprint density at radius 3 is 2.04 bits per heavy atom. The molecule has 2 heterocycles. The summed E-state index contributed by atoms with van der Waals surface area (Å²) in [7, 11) is 0. The monoisotopic (exact) mass is 637 g/mol. The van der Waals surface area contributed by atoms with Gasteiger partial charge in [0.2, 0.25) is 0 Å². The number of imidazole rings is 1. The van der Waals surface area contributed by atoms with Crippen LogP contribution in [0, 0.1) is 0 Å². The lowest BCUT2D eigenvalue weighted by molar-refractivity contribution is 0.590. The third-order valence-corrected chi connectivity index (χ3v) is 9.50. The summed E-state index contributed by atoms with van der Waals surface area (Å²) in [5, 5.41) is 1.11. The molecule has 0 amide bonds. The van der Waals surface area contributed by atoms with E-state index in [1.165, 1.54) is 11.1 Å². The fraction of sp³-hybridized carbons (Fsp3) is 0.0909. The SMILES string of the molecule is CC(C)(C)c1ccc(-n2c(-c3cccc(-c4cc(-c5ccccc5)cc5cccnc45)c3)nc3c(-c4ccccc4S)cccc32)cc1. The van der Waals surface area contributed by atoms with E-state index in [1.807, 2.05) is 24.4 Å². The predicted molar refractivity (Wildman–Crippen MR) is 204 cm³/mol. The van der Waals surface area contributed by atoms with Crippen LogP contribution in [0.3, 0.4) is 0 Å². The van der Waals surface area contributed by atoms with E-state index < -0.39 is 0 Å². The molecule has 0 fully saturated rings. The van der Waals surface area contributed by atoms with Crippen LogP contribution in [0.2, 0.25) is 0 Å². The molecule has 0 bridgehead atoms. The molecule has 48 heavy (non-hydrogen) atoms. The van der Waals surface area contributed by atoms with E-state index in [1.54, 1.807) is 0 Å². The molecule has 4 heteroatoms. The molecule has 0 unspecified atom stereocenters. The maximum absolute atomic E-state index is 5.42. The van der Waals surface area contributed by atoms with E-state index in [0.717, 1.165) is 71.7 Å². The molecule has 0 saturated carbocycles. The first-order valence-electron chi connectivity index (χ1n) is 16.3. The van der Waals surface area contributed by atoms with Crippen molar-refractivity contribution in [1.29, 1.82) is 0 Å². The van der Waals surface area contributed by atoms with Crippen LogP contribution in [0.5, 0.6) is 0 Å². The fourth-order valence-electron chi connectivity index (χ4n) is 6.62. The largest absolute Gasteiger partial charge is 0.292 e. The Hall–Kier alpha value is -5.45. The van der Waals surface area contributed by atoms with Crippen LogP contribution in [-0.4, -0.2) is 14.5 Å². The number of benzene rings is 6. The van der Waals surface area contributed by atoms with Gasteiger partial charge in [-0.15, -0.1) is 12.6 Å². The molecule has 0 spiro atoms. The Balaban J connectivity index is 1.36. The second kappa shape index (κ2) is 12.0. The van der Waals surface area contributed by atoms with Gasteiger partial charge in [0.1, 0.15) is 5.82 Å². The number of nitrogens with zero attached hydrogens (tertiary/aromatic N) is 3. The topological polar surface area (TPSA) is 30.7 Å². The first-order valence-corrected chi connectivity index (χ1v) is 16.8. The molecule has 0 aliphatic rings. The highest BCUT2D eigenvalue weighted by molar-refractivity contribution is 7.80. The third kappa shape index (κ3) is 5.38. The number of rotatable bonds is 5. The minimum absolute atomic E-state index is 0.0568. The smallest absolute Gasteiger partial charge is 0.145 e. The highest BCUT2D eigenvalue weighted by Crippen LogP contribution is 2.39. The van der Waals surface area contributed by atoms with Gasteiger partial charge in [-0.05, 0) is 81.8 Å². The average molecular weight is 638 g/mol. The maximum Gasteiger partial charge on any atom is 0.145 e. The second-order valence-electron chi connectivity index (χ2n) is 13.3. The lowest BCUT2D eigenvalue weighted by atomic mass is 9.87. The standard InChI is InChI=1S/C44H35N3S/c1-44(2,3)34-21-23-35(24-22-34)47-39-19-10-18-37(36-17-7-8-20-40(36)48)42(39)46-43(47)32-15-9-14-30(26-32)38-28-33(29-12-5-4-6-13-29)27-31-16-11-25-45-41(31)38/h4-28,48H,1-3H3. The van der Waals surface area contributed by atoms with Gasteiger partial charge in [0.25, 0.3) is 0 Å². The Bertz CT molecular complexity index is 2430. The fourth-order valence-corrected chi connectivity index (χ4v) is 6.90. The second-order valence-corrected chi connectivity index (χ2v) is 13.8. The molecule has 232 valence electrons. The summed E-state index contributed by atoms with van der Waals surface area (Å²) in [6.07, 6.45) is 1.87.